The van der Waals surface area contributed by atoms with Crippen molar-refractivity contribution < 1.29 is 8.42 Å². The second kappa shape index (κ2) is 8.28. The minimum atomic E-state index is -3.75. The van der Waals surface area contributed by atoms with Crippen LogP contribution in [0.4, 0.5) is 0 Å². The van der Waals surface area contributed by atoms with Crippen molar-refractivity contribution in [3.8, 4) is 22.5 Å². The molecule has 4 rings (SSSR count). The van der Waals surface area contributed by atoms with E-state index in [0.29, 0.717) is 10.8 Å². The van der Waals surface area contributed by atoms with Crippen molar-refractivity contribution in [2.24, 2.45) is 5.14 Å². The summed E-state index contributed by atoms with van der Waals surface area (Å²) in [6.45, 7) is 0. The van der Waals surface area contributed by atoms with Crippen LogP contribution in [0.2, 0.25) is 5.02 Å². The highest BCUT2D eigenvalue weighted by molar-refractivity contribution is 7.89. The van der Waals surface area contributed by atoms with Crippen molar-refractivity contribution in [3.05, 3.63) is 95.3 Å². The molecule has 0 unspecified atom stereocenters. The predicted molar refractivity (Wildman–Crippen MR) is 121 cm³/mol. The molecule has 0 radical (unpaired) electrons. The molecule has 150 valence electrons. The molecule has 30 heavy (non-hydrogen) atoms. The van der Waals surface area contributed by atoms with Gasteiger partial charge in [-0.3, -0.25) is 0 Å². The van der Waals surface area contributed by atoms with E-state index in [9.17, 15) is 8.42 Å². The average Bonchev–Trinajstić information content (AvgIpc) is 3.17. The molecule has 0 aliphatic rings. The zero-order valence-corrected chi connectivity index (χ0v) is 17.4. The highest BCUT2D eigenvalue weighted by Gasteiger charge is 2.15. The number of imidazole rings is 1. The van der Waals surface area contributed by atoms with E-state index >= 15 is 0 Å². The maximum absolute atomic E-state index is 11.6. The smallest absolute Gasteiger partial charge is 0.238 e. The van der Waals surface area contributed by atoms with E-state index in [0.717, 1.165) is 28.1 Å². The third-order valence-electron chi connectivity index (χ3n) is 4.54. The molecule has 0 amide bonds. The summed E-state index contributed by atoms with van der Waals surface area (Å²) in [7, 11) is -3.75. The van der Waals surface area contributed by atoms with Crippen LogP contribution in [0.3, 0.4) is 0 Å². The van der Waals surface area contributed by atoms with Crippen LogP contribution >= 0.6 is 11.6 Å². The Balaban J connectivity index is 1.78. The van der Waals surface area contributed by atoms with Crippen molar-refractivity contribution >= 4 is 33.8 Å². The molecule has 0 fully saturated rings. The van der Waals surface area contributed by atoms with E-state index < -0.39 is 10.0 Å². The minimum absolute atomic E-state index is 0.0583. The fourth-order valence-electron chi connectivity index (χ4n) is 3.05. The van der Waals surface area contributed by atoms with Crippen LogP contribution in [-0.4, -0.2) is 18.4 Å². The van der Waals surface area contributed by atoms with Gasteiger partial charge in [0.05, 0.1) is 16.3 Å². The largest absolute Gasteiger partial charge is 0.338 e. The van der Waals surface area contributed by atoms with Crippen molar-refractivity contribution in [3.63, 3.8) is 0 Å². The Morgan fingerprint density at radius 3 is 2.10 bits per heavy atom. The molecule has 1 heterocycles. The van der Waals surface area contributed by atoms with E-state index in [4.69, 9.17) is 21.7 Å². The number of aromatic amines is 1. The molecule has 3 aromatic carbocycles. The Labute approximate surface area is 179 Å². The molecule has 0 atom stereocenters. The van der Waals surface area contributed by atoms with Gasteiger partial charge in [0.25, 0.3) is 0 Å². The normalized spacial score (nSPS) is 11.8. The SMILES string of the molecule is NS(=O)(=O)c1ccc(-c2[nH]c(C=Cc3ccccc3)nc2-c2ccc(Cl)cc2)cc1. The molecule has 0 aliphatic heterocycles. The second-order valence-corrected chi connectivity index (χ2v) is 8.66. The third-order valence-corrected chi connectivity index (χ3v) is 5.73. The number of aromatic nitrogens is 2. The molecule has 4 aromatic rings. The fourth-order valence-corrected chi connectivity index (χ4v) is 3.69. The molecular formula is C23H18ClN3O2S. The maximum atomic E-state index is 11.6. The second-order valence-electron chi connectivity index (χ2n) is 6.67. The number of H-pyrrole nitrogens is 1. The van der Waals surface area contributed by atoms with Gasteiger partial charge >= 0.3 is 0 Å². The highest BCUT2D eigenvalue weighted by atomic mass is 35.5. The van der Waals surface area contributed by atoms with Crippen molar-refractivity contribution in [1.29, 1.82) is 0 Å². The summed E-state index contributed by atoms with van der Waals surface area (Å²) >= 11 is 6.03. The molecule has 0 bridgehead atoms. The van der Waals surface area contributed by atoms with Crippen LogP contribution in [0.1, 0.15) is 11.4 Å². The van der Waals surface area contributed by atoms with Gasteiger partial charge in [-0.1, -0.05) is 72.3 Å². The Kier molecular flexibility index (Phi) is 5.55. The number of primary sulfonamides is 1. The van der Waals surface area contributed by atoms with E-state index in [1.165, 1.54) is 12.1 Å². The molecular weight excluding hydrogens is 418 g/mol. The molecule has 0 saturated carbocycles. The lowest BCUT2D eigenvalue weighted by Crippen LogP contribution is -2.11. The van der Waals surface area contributed by atoms with Gasteiger partial charge in [0.2, 0.25) is 10.0 Å². The van der Waals surface area contributed by atoms with E-state index in [-0.39, 0.29) is 4.90 Å². The van der Waals surface area contributed by atoms with Crippen molar-refractivity contribution in [1.82, 2.24) is 9.97 Å². The number of rotatable bonds is 5. The van der Waals surface area contributed by atoms with Gasteiger partial charge in [-0.05, 0) is 35.9 Å². The van der Waals surface area contributed by atoms with Gasteiger partial charge in [0, 0.05) is 16.1 Å². The number of hydrogen-bond acceptors (Lipinski definition) is 3. The number of nitrogens with zero attached hydrogens (tertiary/aromatic N) is 1. The lowest BCUT2D eigenvalue weighted by atomic mass is 10.1. The first-order chi connectivity index (χ1) is 14.4. The standard InChI is InChI=1S/C23H18ClN3O2S/c24-19-11-7-17(8-12-19)22-23(18-9-13-20(14-10-18)30(25,28)29)27-21(26-22)15-6-16-4-2-1-3-5-16/h1-15H,(H,26,27)(H2,25,28,29). The first-order valence-electron chi connectivity index (χ1n) is 9.12. The molecule has 7 heteroatoms. The fraction of sp³-hybridized carbons (Fsp3) is 0. The summed E-state index contributed by atoms with van der Waals surface area (Å²) in [6.07, 6.45) is 3.87. The number of nitrogens with two attached hydrogens (primary N) is 1. The lowest BCUT2D eigenvalue weighted by molar-refractivity contribution is 0.598. The first-order valence-corrected chi connectivity index (χ1v) is 11.0. The number of nitrogens with one attached hydrogen (secondary N) is 1. The van der Waals surface area contributed by atoms with E-state index in [1.807, 2.05) is 54.6 Å². The van der Waals surface area contributed by atoms with Crippen LogP contribution in [0.25, 0.3) is 34.7 Å². The Morgan fingerprint density at radius 1 is 0.833 bits per heavy atom. The summed E-state index contributed by atoms with van der Waals surface area (Å²) in [6, 6.07) is 23.7. The number of benzene rings is 3. The van der Waals surface area contributed by atoms with Gasteiger partial charge in [-0.25, -0.2) is 18.5 Å². The Bertz CT molecular complexity index is 1300. The predicted octanol–water partition coefficient (Wildman–Crippen LogP) is 5.21. The third kappa shape index (κ3) is 4.52. The average molecular weight is 436 g/mol. The molecule has 0 aliphatic carbocycles. The lowest BCUT2D eigenvalue weighted by Gasteiger charge is -2.05. The number of hydrogen-bond donors (Lipinski definition) is 2. The number of halogens is 1. The zero-order valence-electron chi connectivity index (χ0n) is 15.8. The van der Waals surface area contributed by atoms with E-state index in [2.05, 4.69) is 4.98 Å². The molecule has 1 aromatic heterocycles. The van der Waals surface area contributed by atoms with Crippen LogP contribution in [0.5, 0.6) is 0 Å². The van der Waals surface area contributed by atoms with Crippen molar-refractivity contribution in [2.75, 3.05) is 0 Å². The minimum Gasteiger partial charge on any atom is -0.338 e. The molecule has 3 N–H and O–H groups in total. The van der Waals surface area contributed by atoms with E-state index in [1.54, 1.807) is 24.3 Å². The van der Waals surface area contributed by atoms with Crippen LogP contribution < -0.4 is 5.14 Å². The van der Waals surface area contributed by atoms with Crippen LogP contribution in [-0.2, 0) is 10.0 Å². The summed E-state index contributed by atoms with van der Waals surface area (Å²) < 4.78 is 23.1. The molecule has 5 nitrogen and oxygen atoms in total. The highest BCUT2D eigenvalue weighted by Crippen LogP contribution is 2.32. The zero-order chi connectivity index (χ0) is 21.1. The van der Waals surface area contributed by atoms with Gasteiger partial charge in [-0.15, -0.1) is 0 Å². The quantitative estimate of drug-likeness (QED) is 0.450. The van der Waals surface area contributed by atoms with Gasteiger partial charge < -0.3 is 4.98 Å². The summed E-state index contributed by atoms with van der Waals surface area (Å²) in [5.74, 6) is 0.675. The maximum Gasteiger partial charge on any atom is 0.238 e. The number of sulfonamides is 1. The Morgan fingerprint density at radius 2 is 1.47 bits per heavy atom. The topological polar surface area (TPSA) is 88.8 Å². The summed E-state index contributed by atoms with van der Waals surface area (Å²) in [4.78, 5) is 8.13. The van der Waals surface area contributed by atoms with Crippen LogP contribution in [0, 0.1) is 0 Å². The molecule has 0 saturated heterocycles. The van der Waals surface area contributed by atoms with Crippen LogP contribution in [0.15, 0.2) is 83.8 Å². The summed E-state index contributed by atoms with van der Waals surface area (Å²) in [5, 5.41) is 5.85. The Hall–Kier alpha value is -3.19. The summed E-state index contributed by atoms with van der Waals surface area (Å²) in [5.41, 5.74) is 4.24. The van der Waals surface area contributed by atoms with Gasteiger partial charge in [-0.2, -0.15) is 0 Å². The molecule has 0 spiro atoms. The van der Waals surface area contributed by atoms with Gasteiger partial charge in [0.1, 0.15) is 5.82 Å². The van der Waals surface area contributed by atoms with Crippen molar-refractivity contribution in [2.45, 2.75) is 4.90 Å². The van der Waals surface area contributed by atoms with Gasteiger partial charge in [0.15, 0.2) is 0 Å². The first kappa shape index (κ1) is 20.1. The monoisotopic (exact) mass is 435 g/mol.